The highest BCUT2D eigenvalue weighted by Gasteiger charge is 2.13. The van der Waals surface area contributed by atoms with Crippen molar-refractivity contribution in [1.29, 1.82) is 0 Å². The molecule has 0 aliphatic carbocycles. The second-order valence-corrected chi connectivity index (χ2v) is 4.87. The van der Waals surface area contributed by atoms with Crippen LogP contribution in [0.1, 0.15) is 15.9 Å². The van der Waals surface area contributed by atoms with Gasteiger partial charge in [-0.15, -0.1) is 0 Å². The molecule has 0 aliphatic rings. The van der Waals surface area contributed by atoms with Crippen molar-refractivity contribution in [2.75, 3.05) is 0 Å². The molecule has 0 saturated heterocycles. The second kappa shape index (κ2) is 7.00. The first kappa shape index (κ1) is 15.9. The molecule has 2 N–H and O–H groups in total. The van der Waals surface area contributed by atoms with Crippen LogP contribution in [0.15, 0.2) is 42.5 Å². The Kier molecular flexibility index (Phi) is 5.06. The summed E-state index contributed by atoms with van der Waals surface area (Å²) in [6, 6.07) is 8.86. The van der Waals surface area contributed by atoms with Crippen LogP contribution in [0.4, 0.5) is 8.78 Å². The van der Waals surface area contributed by atoms with Crippen molar-refractivity contribution < 1.29 is 18.4 Å². The Morgan fingerprint density at radius 1 is 1.00 bits per heavy atom. The minimum absolute atomic E-state index is 0.0570. The highest BCUT2D eigenvalue weighted by atomic mass is 35.5. The number of halogens is 3. The molecule has 0 heterocycles. The second-order valence-electron chi connectivity index (χ2n) is 4.43. The third-order valence-corrected chi connectivity index (χ3v) is 3.00. The third-order valence-electron chi connectivity index (χ3n) is 2.77. The van der Waals surface area contributed by atoms with Gasteiger partial charge in [0, 0.05) is 5.02 Å². The molecule has 0 bridgehead atoms. The number of nitrogens with one attached hydrogen (secondary N) is 2. The number of benzene rings is 2. The van der Waals surface area contributed by atoms with E-state index in [1.165, 1.54) is 30.3 Å². The first-order valence-electron chi connectivity index (χ1n) is 6.24. The molecule has 22 heavy (non-hydrogen) atoms. The first-order valence-corrected chi connectivity index (χ1v) is 6.62. The summed E-state index contributed by atoms with van der Waals surface area (Å²) in [6.07, 6.45) is -0.0570. The predicted octanol–water partition coefficient (Wildman–Crippen LogP) is 2.62. The number of hydrogen-bond acceptors (Lipinski definition) is 2. The molecule has 0 atom stereocenters. The van der Waals surface area contributed by atoms with Crippen molar-refractivity contribution in [1.82, 2.24) is 10.9 Å². The summed E-state index contributed by atoms with van der Waals surface area (Å²) in [5.74, 6) is -2.52. The van der Waals surface area contributed by atoms with E-state index in [2.05, 4.69) is 10.9 Å². The average Bonchev–Trinajstić information content (AvgIpc) is 2.49. The lowest BCUT2D eigenvalue weighted by molar-refractivity contribution is -0.121. The van der Waals surface area contributed by atoms with Gasteiger partial charge in [0.25, 0.3) is 5.91 Å². The topological polar surface area (TPSA) is 58.2 Å². The largest absolute Gasteiger partial charge is 0.273 e. The van der Waals surface area contributed by atoms with E-state index in [-0.39, 0.29) is 17.0 Å². The molecule has 2 amide bonds. The van der Waals surface area contributed by atoms with E-state index in [1.54, 1.807) is 0 Å². The summed E-state index contributed by atoms with van der Waals surface area (Å²) in [7, 11) is 0. The van der Waals surface area contributed by atoms with E-state index in [0.717, 1.165) is 12.1 Å². The van der Waals surface area contributed by atoms with Crippen molar-refractivity contribution in [2.24, 2.45) is 0 Å². The molecular weight excluding hydrogens is 314 g/mol. The maximum atomic E-state index is 13.5. The molecule has 2 rings (SSSR count). The zero-order valence-electron chi connectivity index (χ0n) is 11.2. The van der Waals surface area contributed by atoms with Crippen LogP contribution in [0.2, 0.25) is 5.02 Å². The van der Waals surface area contributed by atoms with Gasteiger partial charge < -0.3 is 0 Å². The van der Waals surface area contributed by atoms with Gasteiger partial charge in [-0.1, -0.05) is 23.7 Å². The molecule has 0 fully saturated rings. The molecule has 2 aromatic carbocycles. The number of amides is 2. The molecule has 0 aliphatic heterocycles. The van der Waals surface area contributed by atoms with E-state index in [4.69, 9.17) is 11.6 Å². The van der Waals surface area contributed by atoms with Crippen LogP contribution in [0.3, 0.4) is 0 Å². The van der Waals surface area contributed by atoms with E-state index < -0.39 is 23.4 Å². The lowest BCUT2D eigenvalue weighted by Crippen LogP contribution is -2.42. The Morgan fingerprint density at radius 2 is 1.68 bits per heavy atom. The lowest BCUT2D eigenvalue weighted by atomic mass is 10.1. The molecule has 7 heteroatoms. The van der Waals surface area contributed by atoms with Crippen LogP contribution in [0.5, 0.6) is 0 Å². The van der Waals surface area contributed by atoms with Crippen molar-refractivity contribution in [3.8, 4) is 0 Å². The minimum atomic E-state index is -0.826. The average molecular weight is 325 g/mol. The zero-order chi connectivity index (χ0) is 16.1. The maximum Gasteiger partial charge on any atom is 0.272 e. The summed E-state index contributed by atoms with van der Waals surface area (Å²) in [5, 5.41) is 0.198. The Bertz CT molecular complexity index is 705. The van der Waals surface area contributed by atoms with Gasteiger partial charge in [0.2, 0.25) is 5.91 Å². The van der Waals surface area contributed by atoms with Gasteiger partial charge in [-0.2, -0.15) is 0 Å². The number of hydrogen-bond donors (Lipinski definition) is 2. The molecule has 114 valence electrons. The normalized spacial score (nSPS) is 10.1. The van der Waals surface area contributed by atoms with Gasteiger partial charge in [0.05, 0.1) is 12.0 Å². The molecule has 0 spiro atoms. The standard InChI is InChI=1S/C15H11ClF2N2O2/c16-10-3-6-13(18)12(8-10)15(22)20-19-14(21)7-9-1-4-11(17)5-2-9/h1-6,8H,7H2,(H,19,21)(H,20,22). The lowest BCUT2D eigenvalue weighted by Gasteiger charge is -2.08. The van der Waals surface area contributed by atoms with Gasteiger partial charge in [-0.25, -0.2) is 8.78 Å². The van der Waals surface area contributed by atoms with Crippen LogP contribution in [-0.2, 0) is 11.2 Å². The Hall–Kier alpha value is -2.47. The van der Waals surface area contributed by atoms with E-state index >= 15 is 0 Å². The number of hydrazine groups is 1. The van der Waals surface area contributed by atoms with Crippen molar-refractivity contribution >= 4 is 23.4 Å². The first-order chi connectivity index (χ1) is 10.5. The summed E-state index contributed by atoms with van der Waals surface area (Å²) < 4.78 is 26.2. The highest BCUT2D eigenvalue weighted by molar-refractivity contribution is 6.31. The summed E-state index contributed by atoms with van der Waals surface area (Å²) in [6.45, 7) is 0. The van der Waals surface area contributed by atoms with E-state index in [1.807, 2.05) is 0 Å². The fraction of sp³-hybridized carbons (Fsp3) is 0.0667. The number of rotatable bonds is 3. The van der Waals surface area contributed by atoms with Crippen LogP contribution >= 0.6 is 11.6 Å². The Balaban J connectivity index is 1.91. The SMILES string of the molecule is O=C(Cc1ccc(F)cc1)NNC(=O)c1cc(Cl)ccc1F. The smallest absolute Gasteiger partial charge is 0.272 e. The fourth-order valence-corrected chi connectivity index (χ4v) is 1.87. The summed E-state index contributed by atoms with van der Waals surface area (Å²) in [5.41, 5.74) is 4.52. The Labute approximate surface area is 130 Å². The Morgan fingerprint density at radius 3 is 2.36 bits per heavy atom. The molecule has 0 radical (unpaired) electrons. The van der Waals surface area contributed by atoms with Gasteiger partial charge in [0.15, 0.2) is 0 Å². The van der Waals surface area contributed by atoms with Gasteiger partial charge in [0.1, 0.15) is 11.6 Å². The van der Waals surface area contributed by atoms with E-state index in [0.29, 0.717) is 5.56 Å². The minimum Gasteiger partial charge on any atom is -0.273 e. The molecule has 2 aromatic rings. The third kappa shape index (κ3) is 4.26. The van der Waals surface area contributed by atoms with Crippen LogP contribution in [0, 0.1) is 11.6 Å². The highest BCUT2D eigenvalue weighted by Crippen LogP contribution is 2.14. The van der Waals surface area contributed by atoms with E-state index in [9.17, 15) is 18.4 Å². The molecule has 0 unspecified atom stereocenters. The van der Waals surface area contributed by atoms with Crippen LogP contribution < -0.4 is 10.9 Å². The van der Waals surface area contributed by atoms with Crippen LogP contribution in [0.25, 0.3) is 0 Å². The van der Waals surface area contributed by atoms with Crippen molar-refractivity contribution in [3.63, 3.8) is 0 Å². The quantitative estimate of drug-likeness (QED) is 0.853. The number of carbonyl (C=O) groups excluding carboxylic acids is 2. The zero-order valence-corrected chi connectivity index (χ0v) is 12.0. The van der Waals surface area contributed by atoms with Crippen molar-refractivity contribution in [2.45, 2.75) is 6.42 Å². The van der Waals surface area contributed by atoms with Crippen molar-refractivity contribution in [3.05, 3.63) is 70.2 Å². The van der Waals surface area contributed by atoms with Gasteiger partial charge >= 0.3 is 0 Å². The molecular formula is C15H11ClF2N2O2. The molecule has 0 saturated carbocycles. The van der Waals surface area contributed by atoms with Gasteiger partial charge in [-0.05, 0) is 35.9 Å². The van der Waals surface area contributed by atoms with Gasteiger partial charge in [-0.3, -0.25) is 20.4 Å². The fourth-order valence-electron chi connectivity index (χ4n) is 1.70. The monoisotopic (exact) mass is 324 g/mol. The molecule has 0 aromatic heterocycles. The summed E-state index contributed by atoms with van der Waals surface area (Å²) in [4.78, 5) is 23.4. The van der Waals surface area contributed by atoms with Crippen LogP contribution in [-0.4, -0.2) is 11.8 Å². The molecule has 4 nitrogen and oxygen atoms in total. The maximum absolute atomic E-state index is 13.5. The predicted molar refractivity (Wildman–Crippen MR) is 77.1 cm³/mol. The number of carbonyl (C=O) groups is 2. The summed E-state index contributed by atoms with van der Waals surface area (Å²) >= 11 is 5.68.